The maximum absolute atomic E-state index is 12.4. The Morgan fingerprint density at radius 2 is 2.09 bits per heavy atom. The van der Waals surface area contributed by atoms with Crippen molar-refractivity contribution in [3.05, 3.63) is 35.4 Å². The summed E-state index contributed by atoms with van der Waals surface area (Å²) in [5.41, 5.74) is 2.39. The van der Waals surface area contributed by atoms with Crippen LogP contribution in [0.5, 0.6) is 0 Å². The van der Waals surface area contributed by atoms with E-state index >= 15 is 0 Å². The summed E-state index contributed by atoms with van der Waals surface area (Å²) in [5, 5.41) is 2.91. The Morgan fingerprint density at radius 1 is 1.27 bits per heavy atom. The number of carbonyl (C=O) groups excluding carboxylic acids is 1. The summed E-state index contributed by atoms with van der Waals surface area (Å²) in [6.07, 6.45) is 3.61. The fourth-order valence-corrected chi connectivity index (χ4v) is 4.92. The lowest BCUT2D eigenvalue weighted by Gasteiger charge is -2.25. The molecule has 1 fully saturated rings. The second kappa shape index (κ2) is 6.38. The Balaban J connectivity index is 1.57. The molecule has 0 spiro atoms. The molecule has 0 bridgehead atoms. The summed E-state index contributed by atoms with van der Waals surface area (Å²) in [7, 11) is -3.08. The number of rotatable bonds is 4. The Bertz CT molecular complexity index is 657. The van der Waals surface area contributed by atoms with Crippen molar-refractivity contribution in [2.24, 2.45) is 0 Å². The molecule has 6 heteroatoms. The molecule has 1 N–H and O–H groups in total. The molecule has 0 unspecified atom stereocenters. The van der Waals surface area contributed by atoms with E-state index in [1.54, 1.807) is 0 Å². The summed E-state index contributed by atoms with van der Waals surface area (Å²) in [6, 6.07) is 8.10. The first kappa shape index (κ1) is 15.5. The summed E-state index contributed by atoms with van der Waals surface area (Å²) in [4.78, 5) is 12.4. The van der Waals surface area contributed by atoms with E-state index in [2.05, 4.69) is 11.4 Å². The predicted octanol–water partition coefficient (Wildman–Crippen LogP) is 1.26. The summed E-state index contributed by atoms with van der Waals surface area (Å²) >= 11 is 0. The molecule has 3 rings (SSSR count). The molecule has 1 atom stereocenters. The van der Waals surface area contributed by atoms with Crippen LogP contribution in [0.4, 0.5) is 0 Å². The van der Waals surface area contributed by atoms with Crippen molar-refractivity contribution in [3.8, 4) is 0 Å². The number of sulfonamides is 1. The van der Waals surface area contributed by atoms with E-state index in [9.17, 15) is 13.2 Å². The van der Waals surface area contributed by atoms with E-state index in [0.29, 0.717) is 26.1 Å². The van der Waals surface area contributed by atoms with Gasteiger partial charge in [-0.2, -0.15) is 0 Å². The number of aryl methyl sites for hydroxylation is 1. The molecule has 0 radical (unpaired) electrons. The highest BCUT2D eigenvalue weighted by atomic mass is 32.2. The number of carbonyl (C=O) groups is 1. The van der Waals surface area contributed by atoms with Gasteiger partial charge in [0.25, 0.3) is 0 Å². The van der Waals surface area contributed by atoms with Gasteiger partial charge in [0.15, 0.2) is 0 Å². The lowest BCUT2D eigenvalue weighted by Crippen LogP contribution is -2.38. The second-order valence-corrected chi connectivity index (χ2v) is 8.09. The van der Waals surface area contributed by atoms with Crippen LogP contribution < -0.4 is 5.32 Å². The molecule has 22 heavy (non-hydrogen) atoms. The zero-order chi connectivity index (χ0) is 15.6. The van der Waals surface area contributed by atoms with Crippen LogP contribution in [0.15, 0.2) is 24.3 Å². The van der Waals surface area contributed by atoms with Crippen LogP contribution in [-0.4, -0.2) is 44.0 Å². The zero-order valence-electron chi connectivity index (χ0n) is 12.6. The van der Waals surface area contributed by atoms with Crippen LogP contribution >= 0.6 is 0 Å². The largest absolute Gasteiger partial charge is 0.354 e. The van der Waals surface area contributed by atoms with E-state index in [1.807, 2.05) is 18.2 Å². The Labute approximate surface area is 131 Å². The van der Waals surface area contributed by atoms with E-state index in [4.69, 9.17) is 0 Å². The molecule has 1 aliphatic heterocycles. The van der Waals surface area contributed by atoms with Crippen molar-refractivity contribution in [2.45, 2.75) is 31.6 Å². The fraction of sp³-hybridized carbons (Fsp3) is 0.562. The fourth-order valence-electron chi connectivity index (χ4n) is 3.40. The van der Waals surface area contributed by atoms with Crippen LogP contribution in [0.2, 0.25) is 0 Å². The first-order chi connectivity index (χ1) is 10.6. The predicted molar refractivity (Wildman–Crippen MR) is 85.1 cm³/mol. The number of amides is 1. The molecule has 1 heterocycles. The van der Waals surface area contributed by atoms with E-state index in [0.717, 1.165) is 24.8 Å². The monoisotopic (exact) mass is 322 g/mol. The minimum atomic E-state index is -3.08. The van der Waals surface area contributed by atoms with Crippen LogP contribution in [0, 0.1) is 0 Å². The molecule has 5 nitrogen and oxygen atoms in total. The molecule has 1 saturated heterocycles. The van der Waals surface area contributed by atoms with Crippen molar-refractivity contribution < 1.29 is 13.2 Å². The molecule has 0 saturated carbocycles. The highest BCUT2D eigenvalue weighted by molar-refractivity contribution is 7.89. The number of hydrogen-bond acceptors (Lipinski definition) is 3. The van der Waals surface area contributed by atoms with Gasteiger partial charge in [0, 0.05) is 19.6 Å². The van der Waals surface area contributed by atoms with Gasteiger partial charge < -0.3 is 5.32 Å². The van der Waals surface area contributed by atoms with Gasteiger partial charge in [-0.3, -0.25) is 4.79 Å². The quantitative estimate of drug-likeness (QED) is 0.907. The van der Waals surface area contributed by atoms with Crippen molar-refractivity contribution in [3.63, 3.8) is 0 Å². The van der Waals surface area contributed by atoms with Gasteiger partial charge in [-0.1, -0.05) is 24.3 Å². The third-order valence-electron chi connectivity index (χ3n) is 4.55. The molecule has 1 aromatic rings. The van der Waals surface area contributed by atoms with E-state index in [1.165, 1.54) is 9.87 Å². The van der Waals surface area contributed by atoms with E-state index in [-0.39, 0.29) is 17.6 Å². The summed E-state index contributed by atoms with van der Waals surface area (Å²) < 4.78 is 24.9. The lowest BCUT2D eigenvalue weighted by atomic mass is 9.82. The van der Waals surface area contributed by atoms with Gasteiger partial charge in [0.05, 0.1) is 11.7 Å². The molecule has 1 aliphatic carbocycles. The number of nitrogens with zero attached hydrogens (tertiary/aromatic N) is 1. The first-order valence-corrected chi connectivity index (χ1v) is 9.52. The molecule has 0 aromatic heterocycles. The van der Waals surface area contributed by atoms with Crippen LogP contribution in [-0.2, 0) is 21.2 Å². The summed E-state index contributed by atoms with van der Waals surface area (Å²) in [5.74, 6) is 0.153. The Morgan fingerprint density at radius 3 is 2.86 bits per heavy atom. The first-order valence-electron chi connectivity index (χ1n) is 7.91. The number of fused-ring (bicyclic) bond motifs is 1. The SMILES string of the molecule is O=C(NCCN1CCCS1(=O)=O)[C@@H]1CCCc2ccccc21. The summed E-state index contributed by atoms with van der Waals surface area (Å²) in [6.45, 7) is 1.34. The maximum atomic E-state index is 12.4. The van der Waals surface area contributed by atoms with Crippen LogP contribution in [0.1, 0.15) is 36.3 Å². The van der Waals surface area contributed by atoms with Crippen LogP contribution in [0.3, 0.4) is 0 Å². The zero-order valence-corrected chi connectivity index (χ0v) is 13.4. The molecular weight excluding hydrogens is 300 g/mol. The normalized spacial score (nSPS) is 23.9. The molecule has 2 aliphatic rings. The Kier molecular flexibility index (Phi) is 4.49. The van der Waals surface area contributed by atoms with Crippen molar-refractivity contribution >= 4 is 15.9 Å². The smallest absolute Gasteiger partial charge is 0.227 e. The molecular formula is C16H22N2O3S. The highest BCUT2D eigenvalue weighted by Gasteiger charge is 2.29. The number of hydrogen-bond donors (Lipinski definition) is 1. The van der Waals surface area contributed by atoms with Gasteiger partial charge >= 0.3 is 0 Å². The Hall–Kier alpha value is -1.40. The van der Waals surface area contributed by atoms with Crippen molar-refractivity contribution in [2.75, 3.05) is 25.4 Å². The van der Waals surface area contributed by atoms with Crippen molar-refractivity contribution in [1.29, 1.82) is 0 Å². The third kappa shape index (κ3) is 3.17. The standard InChI is InChI=1S/C16H22N2O3S/c19-16(17-9-11-18-10-4-12-22(18,20)21)15-8-3-6-13-5-1-2-7-14(13)15/h1-2,5,7,15H,3-4,6,8-12H2,(H,17,19)/t15-/m1/s1. The maximum Gasteiger partial charge on any atom is 0.227 e. The lowest BCUT2D eigenvalue weighted by molar-refractivity contribution is -0.122. The van der Waals surface area contributed by atoms with Crippen LogP contribution in [0.25, 0.3) is 0 Å². The minimum Gasteiger partial charge on any atom is -0.354 e. The van der Waals surface area contributed by atoms with Gasteiger partial charge in [-0.15, -0.1) is 0 Å². The molecule has 1 amide bonds. The average molecular weight is 322 g/mol. The second-order valence-electron chi connectivity index (χ2n) is 6.00. The number of nitrogens with one attached hydrogen (secondary N) is 1. The van der Waals surface area contributed by atoms with Gasteiger partial charge in [-0.05, 0) is 36.8 Å². The third-order valence-corrected chi connectivity index (χ3v) is 6.51. The molecule has 1 aromatic carbocycles. The van der Waals surface area contributed by atoms with Gasteiger partial charge in [0.2, 0.25) is 15.9 Å². The van der Waals surface area contributed by atoms with Gasteiger partial charge in [-0.25, -0.2) is 12.7 Å². The molecule has 120 valence electrons. The van der Waals surface area contributed by atoms with Gasteiger partial charge in [0.1, 0.15) is 0 Å². The number of benzene rings is 1. The highest BCUT2D eigenvalue weighted by Crippen LogP contribution is 2.31. The average Bonchev–Trinajstić information content (AvgIpc) is 2.85. The minimum absolute atomic E-state index is 0.0174. The topological polar surface area (TPSA) is 66.5 Å². The van der Waals surface area contributed by atoms with E-state index < -0.39 is 10.0 Å². The van der Waals surface area contributed by atoms with Crippen molar-refractivity contribution in [1.82, 2.24) is 9.62 Å².